The molecule has 4 rings (SSSR count). The third kappa shape index (κ3) is 4.30. The third-order valence-corrected chi connectivity index (χ3v) is 7.47. The lowest BCUT2D eigenvalue weighted by Crippen LogP contribution is -2.43. The van der Waals surface area contributed by atoms with Crippen molar-refractivity contribution in [3.05, 3.63) is 30.0 Å². The van der Waals surface area contributed by atoms with Crippen molar-refractivity contribution in [2.45, 2.75) is 90.3 Å². The molecule has 1 aromatic heterocycles. The molecule has 3 heterocycles. The smallest absolute Gasteiger partial charge is 0.161 e. The molecule has 4 nitrogen and oxygen atoms in total. The molecule has 4 heteroatoms. The summed E-state index contributed by atoms with van der Waals surface area (Å²) in [6.45, 7) is 6.05. The minimum absolute atomic E-state index is 0.121. The molecule has 0 radical (unpaired) electrons. The molecule has 2 bridgehead atoms. The number of piperidine rings is 1. The third-order valence-electron chi connectivity index (χ3n) is 7.47. The standard InChI is InChI=1S/C26H38N2O2/c1-4-5-6-9-20-16-21-12-13-22(17-20)28(21)15-8-14-27-18-24(19(2)29)23-10-7-11-25(30-3)26(23)27/h7,10-11,18,20-22H,4-6,8-9,12-17H2,1-3H3. The van der Waals surface area contributed by atoms with Gasteiger partial charge in [0.05, 0.1) is 12.6 Å². The zero-order chi connectivity index (χ0) is 21.1. The lowest BCUT2D eigenvalue weighted by Gasteiger charge is -2.39. The van der Waals surface area contributed by atoms with Crippen LogP contribution in [0.4, 0.5) is 0 Å². The Morgan fingerprint density at radius 2 is 1.87 bits per heavy atom. The molecule has 164 valence electrons. The van der Waals surface area contributed by atoms with E-state index >= 15 is 0 Å². The Bertz CT molecular complexity index is 857. The Morgan fingerprint density at radius 1 is 1.10 bits per heavy atom. The van der Waals surface area contributed by atoms with E-state index in [1.54, 1.807) is 14.0 Å². The van der Waals surface area contributed by atoms with E-state index in [1.165, 1.54) is 57.9 Å². The quantitative estimate of drug-likeness (QED) is 0.352. The van der Waals surface area contributed by atoms with Crippen molar-refractivity contribution in [3.8, 4) is 5.75 Å². The molecule has 0 amide bonds. The molecule has 0 N–H and O–H groups in total. The van der Waals surface area contributed by atoms with E-state index in [4.69, 9.17) is 4.74 Å². The van der Waals surface area contributed by atoms with Gasteiger partial charge in [-0.3, -0.25) is 9.69 Å². The summed E-state index contributed by atoms with van der Waals surface area (Å²) in [6.07, 6.45) is 14.3. The zero-order valence-electron chi connectivity index (χ0n) is 19.0. The van der Waals surface area contributed by atoms with E-state index in [-0.39, 0.29) is 5.78 Å². The number of unbranched alkanes of at least 4 members (excludes halogenated alkanes) is 2. The van der Waals surface area contributed by atoms with Crippen LogP contribution in [0, 0.1) is 5.92 Å². The molecule has 0 spiro atoms. The van der Waals surface area contributed by atoms with Crippen LogP contribution in [-0.2, 0) is 6.54 Å². The van der Waals surface area contributed by atoms with Crippen LogP contribution in [0.25, 0.3) is 10.9 Å². The van der Waals surface area contributed by atoms with Gasteiger partial charge in [-0.25, -0.2) is 0 Å². The fourth-order valence-corrected chi connectivity index (χ4v) is 6.04. The van der Waals surface area contributed by atoms with Gasteiger partial charge in [0, 0.05) is 42.3 Å². The van der Waals surface area contributed by atoms with Crippen LogP contribution < -0.4 is 4.74 Å². The molecule has 0 saturated carbocycles. The van der Waals surface area contributed by atoms with Crippen molar-refractivity contribution in [3.63, 3.8) is 0 Å². The van der Waals surface area contributed by atoms with Gasteiger partial charge in [0.2, 0.25) is 0 Å². The summed E-state index contributed by atoms with van der Waals surface area (Å²) < 4.78 is 7.85. The highest BCUT2D eigenvalue weighted by atomic mass is 16.5. The number of benzene rings is 1. The summed E-state index contributed by atoms with van der Waals surface area (Å²) in [7, 11) is 1.71. The van der Waals surface area contributed by atoms with E-state index in [0.29, 0.717) is 0 Å². The molecule has 1 aromatic carbocycles. The number of hydrogen-bond acceptors (Lipinski definition) is 3. The topological polar surface area (TPSA) is 34.5 Å². The van der Waals surface area contributed by atoms with Gasteiger partial charge in [0.15, 0.2) is 5.78 Å². The predicted octanol–water partition coefficient (Wildman–Crippen LogP) is 6.07. The summed E-state index contributed by atoms with van der Waals surface area (Å²) in [5.74, 6) is 1.93. The first-order valence-electron chi connectivity index (χ1n) is 12.0. The van der Waals surface area contributed by atoms with Crippen molar-refractivity contribution >= 4 is 16.7 Å². The Balaban J connectivity index is 1.39. The van der Waals surface area contributed by atoms with Crippen LogP contribution >= 0.6 is 0 Å². The number of aromatic nitrogens is 1. The number of methoxy groups -OCH3 is 1. The molecule has 2 aliphatic heterocycles. The number of carbonyl (C=O) groups is 1. The minimum atomic E-state index is 0.121. The number of ether oxygens (including phenoxy) is 1. The van der Waals surface area contributed by atoms with Crippen molar-refractivity contribution in [2.75, 3.05) is 13.7 Å². The SMILES string of the molecule is CCCCCC1CC2CCC(C1)N2CCCn1cc(C(C)=O)c2cccc(OC)c21. The molecular formula is C26H38N2O2. The number of aryl methyl sites for hydroxylation is 1. The van der Waals surface area contributed by atoms with Gasteiger partial charge in [0.25, 0.3) is 0 Å². The van der Waals surface area contributed by atoms with Crippen LogP contribution in [0.1, 0.15) is 82.0 Å². The number of rotatable bonds is 10. The van der Waals surface area contributed by atoms with Crippen LogP contribution in [0.3, 0.4) is 0 Å². The monoisotopic (exact) mass is 410 g/mol. The maximum atomic E-state index is 12.2. The maximum Gasteiger partial charge on any atom is 0.161 e. The summed E-state index contributed by atoms with van der Waals surface area (Å²) in [6, 6.07) is 7.61. The first-order chi connectivity index (χ1) is 14.6. The molecule has 30 heavy (non-hydrogen) atoms. The van der Waals surface area contributed by atoms with E-state index in [2.05, 4.69) is 16.4 Å². The van der Waals surface area contributed by atoms with Gasteiger partial charge in [-0.2, -0.15) is 0 Å². The predicted molar refractivity (Wildman–Crippen MR) is 123 cm³/mol. The van der Waals surface area contributed by atoms with Crippen LogP contribution in [0.15, 0.2) is 24.4 Å². The number of nitrogens with zero attached hydrogens (tertiary/aromatic N) is 2. The van der Waals surface area contributed by atoms with Gasteiger partial charge >= 0.3 is 0 Å². The molecule has 2 atom stereocenters. The Hall–Kier alpha value is -1.81. The Kier molecular flexibility index (Phi) is 6.82. The van der Waals surface area contributed by atoms with E-state index in [1.807, 2.05) is 24.4 Å². The van der Waals surface area contributed by atoms with Crippen LogP contribution in [0.2, 0.25) is 0 Å². The summed E-state index contributed by atoms with van der Waals surface area (Å²) >= 11 is 0. The fourth-order valence-electron chi connectivity index (χ4n) is 6.04. The first-order valence-corrected chi connectivity index (χ1v) is 12.0. The highest BCUT2D eigenvalue weighted by molar-refractivity contribution is 6.08. The van der Waals surface area contributed by atoms with Gasteiger partial charge in [0.1, 0.15) is 5.75 Å². The normalized spacial score (nSPS) is 23.9. The maximum absolute atomic E-state index is 12.2. The number of fused-ring (bicyclic) bond motifs is 3. The number of carbonyl (C=O) groups excluding carboxylic acids is 1. The Morgan fingerprint density at radius 3 is 2.53 bits per heavy atom. The summed E-state index contributed by atoms with van der Waals surface area (Å²) in [5.41, 5.74) is 1.86. The largest absolute Gasteiger partial charge is 0.495 e. The van der Waals surface area contributed by atoms with Crippen molar-refractivity contribution in [1.82, 2.24) is 9.47 Å². The van der Waals surface area contributed by atoms with Crippen molar-refractivity contribution in [1.29, 1.82) is 0 Å². The van der Waals surface area contributed by atoms with Crippen LogP contribution in [0.5, 0.6) is 5.75 Å². The molecule has 2 fully saturated rings. The van der Waals surface area contributed by atoms with E-state index in [0.717, 1.165) is 53.2 Å². The molecule has 0 aliphatic carbocycles. The second kappa shape index (κ2) is 9.55. The van der Waals surface area contributed by atoms with Crippen molar-refractivity contribution in [2.24, 2.45) is 5.92 Å². The molecule has 2 aliphatic rings. The average Bonchev–Trinajstić information content (AvgIpc) is 3.22. The molecule has 2 unspecified atom stereocenters. The average molecular weight is 411 g/mol. The van der Waals surface area contributed by atoms with E-state index < -0.39 is 0 Å². The molecule has 2 aromatic rings. The second-order valence-electron chi connectivity index (χ2n) is 9.46. The van der Waals surface area contributed by atoms with Gasteiger partial charge in [-0.05, 0) is 51.0 Å². The van der Waals surface area contributed by atoms with Gasteiger partial charge < -0.3 is 9.30 Å². The highest BCUT2D eigenvalue weighted by Crippen LogP contribution is 2.40. The number of Topliss-reactive ketones (excluding diaryl/α,β-unsaturated/α-hetero) is 1. The number of ketones is 1. The highest BCUT2D eigenvalue weighted by Gasteiger charge is 2.39. The minimum Gasteiger partial charge on any atom is -0.495 e. The van der Waals surface area contributed by atoms with E-state index in [9.17, 15) is 4.79 Å². The Labute approximate surface area is 181 Å². The van der Waals surface area contributed by atoms with Crippen LogP contribution in [-0.4, -0.2) is 41.0 Å². The zero-order valence-corrected chi connectivity index (χ0v) is 19.0. The summed E-state index contributed by atoms with van der Waals surface area (Å²) in [5, 5.41) is 1.01. The molecular weight excluding hydrogens is 372 g/mol. The van der Waals surface area contributed by atoms with Crippen molar-refractivity contribution < 1.29 is 9.53 Å². The van der Waals surface area contributed by atoms with Gasteiger partial charge in [-0.15, -0.1) is 0 Å². The van der Waals surface area contributed by atoms with Gasteiger partial charge in [-0.1, -0.05) is 44.7 Å². The molecule has 2 saturated heterocycles. The lowest BCUT2D eigenvalue weighted by atomic mass is 9.86. The number of hydrogen-bond donors (Lipinski definition) is 0. The first kappa shape index (κ1) is 21.4. The lowest BCUT2D eigenvalue weighted by molar-refractivity contribution is 0.0966. The summed E-state index contributed by atoms with van der Waals surface area (Å²) in [4.78, 5) is 15.0. The number of para-hydroxylation sites is 1. The fraction of sp³-hybridized carbons (Fsp3) is 0.654. The second-order valence-corrected chi connectivity index (χ2v) is 9.46.